The second-order valence-corrected chi connectivity index (χ2v) is 3.59. The van der Waals surface area contributed by atoms with E-state index < -0.39 is 0 Å². The molecule has 3 heteroatoms. The Labute approximate surface area is 75.1 Å². The predicted molar refractivity (Wildman–Crippen MR) is 50.4 cm³/mol. The van der Waals surface area contributed by atoms with E-state index in [1.54, 1.807) is 7.11 Å². The topological polar surface area (TPSA) is 24.5 Å². The summed E-state index contributed by atoms with van der Waals surface area (Å²) in [5.41, 5.74) is 0. The zero-order valence-electron chi connectivity index (χ0n) is 8.34. The van der Waals surface area contributed by atoms with Crippen molar-refractivity contribution >= 4 is 0 Å². The summed E-state index contributed by atoms with van der Waals surface area (Å²) < 4.78 is 5.08. The third-order valence-corrected chi connectivity index (χ3v) is 2.57. The number of nitrogens with zero attached hydrogens (tertiary/aromatic N) is 1. The molecule has 1 N–H and O–H groups in total. The lowest BCUT2D eigenvalue weighted by molar-refractivity contribution is 0.0758. The maximum atomic E-state index is 5.08. The first-order chi connectivity index (χ1) is 5.75. The molecule has 1 aliphatic rings. The molecule has 0 aromatic carbocycles. The molecule has 0 bridgehead atoms. The average Bonchev–Trinajstić information content (AvgIpc) is 2.04. The Balaban J connectivity index is 2.34. The molecule has 12 heavy (non-hydrogen) atoms. The number of piperazine rings is 1. The summed E-state index contributed by atoms with van der Waals surface area (Å²) in [7, 11) is 1.76. The third-order valence-electron chi connectivity index (χ3n) is 2.57. The minimum atomic E-state index is 0.642. The van der Waals surface area contributed by atoms with Crippen molar-refractivity contribution in [1.29, 1.82) is 0 Å². The van der Waals surface area contributed by atoms with Gasteiger partial charge in [0.1, 0.15) is 0 Å². The van der Waals surface area contributed by atoms with Crippen molar-refractivity contribution in [2.24, 2.45) is 0 Å². The minimum absolute atomic E-state index is 0.642. The number of hydrogen-bond donors (Lipinski definition) is 1. The fourth-order valence-electron chi connectivity index (χ4n) is 1.81. The van der Waals surface area contributed by atoms with Gasteiger partial charge in [-0.15, -0.1) is 0 Å². The van der Waals surface area contributed by atoms with Crippen molar-refractivity contribution in [3.63, 3.8) is 0 Å². The van der Waals surface area contributed by atoms with Gasteiger partial charge in [-0.25, -0.2) is 0 Å². The van der Waals surface area contributed by atoms with Crippen LogP contribution in [0.2, 0.25) is 0 Å². The van der Waals surface area contributed by atoms with Crippen LogP contribution in [0.15, 0.2) is 0 Å². The van der Waals surface area contributed by atoms with Crippen molar-refractivity contribution in [3.05, 3.63) is 0 Å². The molecule has 0 amide bonds. The molecule has 1 aliphatic heterocycles. The van der Waals surface area contributed by atoms with Crippen LogP contribution in [0.5, 0.6) is 0 Å². The van der Waals surface area contributed by atoms with E-state index in [2.05, 4.69) is 24.1 Å². The number of hydrogen-bond acceptors (Lipinski definition) is 3. The lowest BCUT2D eigenvalue weighted by Gasteiger charge is -2.39. The van der Waals surface area contributed by atoms with Crippen LogP contribution in [0, 0.1) is 0 Å². The van der Waals surface area contributed by atoms with Crippen LogP contribution in [-0.2, 0) is 4.74 Å². The van der Waals surface area contributed by atoms with E-state index in [-0.39, 0.29) is 0 Å². The highest BCUT2D eigenvalue weighted by Crippen LogP contribution is 2.08. The summed E-state index contributed by atoms with van der Waals surface area (Å²) >= 11 is 0. The van der Waals surface area contributed by atoms with Crippen LogP contribution in [0.1, 0.15) is 13.8 Å². The smallest absolute Gasteiger partial charge is 0.0589 e. The highest BCUT2D eigenvalue weighted by atomic mass is 16.5. The van der Waals surface area contributed by atoms with E-state index in [1.165, 1.54) is 0 Å². The molecule has 72 valence electrons. The summed E-state index contributed by atoms with van der Waals surface area (Å²) in [6.45, 7) is 8.63. The first-order valence-corrected chi connectivity index (χ1v) is 4.71. The average molecular weight is 172 g/mol. The summed E-state index contributed by atoms with van der Waals surface area (Å²) in [5, 5.41) is 3.41. The van der Waals surface area contributed by atoms with Gasteiger partial charge < -0.3 is 10.1 Å². The van der Waals surface area contributed by atoms with Crippen LogP contribution in [0.4, 0.5) is 0 Å². The first kappa shape index (κ1) is 9.96. The molecule has 0 radical (unpaired) electrons. The maximum absolute atomic E-state index is 5.08. The molecule has 1 saturated heterocycles. The molecule has 1 rings (SSSR count). The highest BCUT2D eigenvalue weighted by Gasteiger charge is 2.23. The van der Waals surface area contributed by atoms with Crippen LogP contribution in [0.3, 0.4) is 0 Å². The molecule has 1 heterocycles. The van der Waals surface area contributed by atoms with Gasteiger partial charge in [0.15, 0.2) is 0 Å². The Morgan fingerprint density at radius 1 is 1.33 bits per heavy atom. The molecular weight excluding hydrogens is 152 g/mol. The van der Waals surface area contributed by atoms with Crippen molar-refractivity contribution in [2.45, 2.75) is 25.9 Å². The van der Waals surface area contributed by atoms with E-state index in [4.69, 9.17) is 4.74 Å². The van der Waals surface area contributed by atoms with Crippen LogP contribution in [0.25, 0.3) is 0 Å². The van der Waals surface area contributed by atoms with Crippen molar-refractivity contribution in [2.75, 3.05) is 33.4 Å². The fourth-order valence-corrected chi connectivity index (χ4v) is 1.81. The molecule has 0 saturated carbocycles. The standard InChI is InChI=1S/C9H20N2O/c1-8-6-10-7-9(2)11(8)4-5-12-3/h8-10H,4-7H2,1-3H3/t8-,9-/m1/s1. The summed E-state index contributed by atoms with van der Waals surface area (Å²) in [4.78, 5) is 2.50. The molecule has 0 unspecified atom stereocenters. The lowest BCUT2D eigenvalue weighted by Crippen LogP contribution is -2.55. The van der Waals surface area contributed by atoms with Gasteiger partial charge >= 0.3 is 0 Å². The number of rotatable bonds is 3. The molecule has 1 fully saturated rings. The van der Waals surface area contributed by atoms with Gasteiger partial charge in [0.05, 0.1) is 6.61 Å². The minimum Gasteiger partial charge on any atom is -0.383 e. The first-order valence-electron chi connectivity index (χ1n) is 4.71. The summed E-state index contributed by atoms with van der Waals surface area (Å²) in [5.74, 6) is 0. The van der Waals surface area contributed by atoms with Gasteiger partial charge in [-0.1, -0.05) is 0 Å². The maximum Gasteiger partial charge on any atom is 0.0589 e. The van der Waals surface area contributed by atoms with E-state index in [0.29, 0.717) is 12.1 Å². The molecule has 0 aliphatic carbocycles. The zero-order chi connectivity index (χ0) is 8.97. The second-order valence-electron chi connectivity index (χ2n) is 3.59. The molecule has 2 atom stereocenters. The SMILES string of the molecule is COCCN1[C@H](C)CNC[C@H]1C. The molecule has 0 spiro atoms. The predicted octanol–water partition coefficient (Wildman–Crippen LogP) is 0.315. The zero-order valence-corrected chi connectivity index (χ0v) is 8.34. The molecular formula is C9H20N2O. The van der Waals surface area contributed by atoms with Gasteiger partial charge in [0, 0.05) is 38.8 Å². The van der Waals surface area contributed by atoms with E-state index in [0.717, 1.165) is 26.2 Å². The Kier molecular flexibility index (Phi) is 3.98. The number of nitrogens with one attached hydrogen (secondary N) is 1. The summed E-state index contributed by atoms with van der Waals surface area (Å²) in [6.07, 6.45) is 0. The third kappa shape index (κ3) is 2.44. The number of methoxy groups -OCH3 is 1. The van der Waals surface area contributed by atoms with Gasteiger partial charge in [-0.05, 0) is 13.8 Å². The highest BCUT2D eigenvalue weighted by molar-refractivity contribution is 4.81. The van der Waals surface area contributed by atoms with Crippen LogP contribution in [-0.4, -0.2) is 50.3 Å². The van der Waals surface area contributed by atoms with Crippen molar-refractivity contribution in [3.8, 4) is 0 Å². The van der Waals surface area contributed by atoms with E-state index in [9.17, 15) is 0 Å². The molecule has 3 nitrogen and oxygen atoms in total. The van der Waals surface area contributed by atoms with Crippen molar-refractivity contribution in [1.82, 2.24) is 10.2 Å². The molecule has 0 aromatic heterocycles. The Hall–Kier alpha value is -0.120. The quantitative estimate of drug-likeness (QED) is 0.663. The molecule has 0 aromatic rings. The van der Waals surface area contributed by atoms with Gasteiger partial charge in [-0.2, -0.15) is 0 Å². The van der Waals surface area contributed by atoms with Gasteiger partial charge in [0.25, 0.3) is 0 Å². The second kappa shape index (κ2) is 4.80. The van der Waals surface area contributed by atoms with Crippen LogP contribution < -0.4 is 5.32 Å². The van der Waals surface area contributed by atoms with Crippen LogP contribution >= 0.6 is 0 Å². The Morgan fingerprint density at radius 2 is 1.92 bits per heavy atom. The normalized spacial score (nSPS) is 32.2. The lowest BCUT2D eigenvalue weighted by atomic mass is 10.1. The summed E-state index contributed by atoms with van der Waals surface area (Å²) in [6, 6.07) is 1.28. The van der Waals surface area contributed by atoms with E-state index in [1.807, 2.05) is 0 Å². The van der Waals surface area contributed by atoms with Crippen molar-refractivity contribution < 1.29 is 4.74 Å². The Morgan fingerprint density at radius 3 is 2.42 bits per heavy atom. The van der Waals surface area contributed by atoms with Gasteiger partial charge in [0.2, 0.25) is 0 Å². The van der Waals surface area contributed by atoms with E-state index >= 15 is 0 Å². The monoisotopic (exact) mass is 172 g/mol. The largest absolute Gasteiger partial charge is 0.383 e. The Bertz CT molecular complexity index is 120. The number of ether oxygens (including phenoxy) is 1. The van der Waals surface area contributed by atoms with Gasteiger partial charge in [-0.3, -0.25) is 4.90 Å². The fraction of sp³-hybridized carbons (Fsp3) is 1.00.